The molecule has 140 valence electrons. The lowest BCUT2D eigenvalue weighted by atomic mass is 9.82. The molecule has 0 N–H and O–H groups in total. The summed E-state index contributed by atoms with van der Waals surface area (Å²) in [5.41, 5.74) is -0.629. The van der Waals surface area contributed by atoms with Crippen molar-refractivity contribution in [2.24, 2.45) is 23.7 Å². The predicted molar refractivity (Wildman–Crippen MR) is 88.6 cm³/mol. The number of rotatable bonds is 3. The molecule has 0 aromatic carbocycles. The minimum atomic E-state index is -0.776. The van der Waals surface area contributed by atoms with E-state index >= 15 is 0 Å². The quantitative estimate of drug-likeness (QED) is 0.438. The molecule has 1 saturated carbocycles. The second-order valence-electron chi connectivity index (χ2n) is 7.91. The van der Waals surface area contributed by atoms with Crippen molar-refractivity contribution in [3.63, 3.8) is 0 Å². The third-order valence-electron chi connectivity index (χ3n) is 5.64. The zero-order valence-corrected chi connectivity index (χ0v) is 15.6. The van der Waals surface area contributed by atoms with Crippen LogP contribution in [0.1, 0.15) is 20.8 Å². The van der Waals surface area contributed by atoms with Crippen LogP contribution in [-0.2, 0) is 23.7 Å². The van der Waals surface area contributed by atoms with Crippen LogP contribution in [0.5, 0.6) is 0 Å². The normalized spacial score (nSPS) is 35.0. The number of carbonyl (C=O) groups is 2. The zero-order valence-electron chi connectivity index (χ0n) is 15.6. The van der Waals surface area contributed by atoms with Crippen LogP contribution in [0.3, 0.4) is 0 Å². The molecule has 0 unspecified atom stereocenters. The molecule has 7 nitrogen and oxygen atoms in total. The monoisotopic (exact) mass is 353 g/mol. The van der Waals surface area contributed by atoms with Gasteiger partial charge in [-0.2, -0.15) is 0 Å². The van der Waals surface area contributed by atoms with E-state index in [4.69, 9.17) is 18.9 Å². The Balaban J connectivity index is 1.93. The Morgan fingerprint density at radius 2 is 1.68 bits per heavy atom. The van der Waals surface area contributed by atoms with Gasteiger partial charge in [-0.25, -0.2) is 9.59 Å². The van der Waals surface area contributed by atoms with E-state index in [0.717, 1.165) is 0 Å². The number of fused-ring (bicyclic) bond motifs is 5. The fourth-order valence-electron chi connectivity index (χ4n) is 4.83. The van der Waals surface area contributed by atoms with Gasteiger partial charge in [0.05, 0.1) is 7.11 Å². The van der Waals surface area contributed by atoms with Crippen molar-refractivity contribution in [2.75, 3.05) is 27.9 Å². The van der Waals surface area contributed by atoms with Crippen molar-refractivity contribution in [1.82, 2.24) is 4.90 Å². The molecule has 0 radical (unpaired) electrons. The third kappa shape index (κ3) is 2.56. The summed E-state index contributed by atoms with van der Waals surface area (Å²) in [6, 6.07) is -0.700. The van der Waals surface area contributed by atoms with E-state index in [2.05, 4.69) is 6.08 Å². The fourth-order valence-corrected chi connectivity index (χ4v) is 4.83. The first-order valence-corrected chi connectivity index (χ1v) is 8.56. The lowest BCUT2D eigenvalue weighted by Crippen LogP contribution is -2.50. The van der Waals surface area contributed by atoms with Crippen molar-refractivity contribution in [3.8, 4) is 0 Å². The summed E-state index contributed by atoms with van der Waals surface area (Å²) in [7, 11) is 4.58. The second kappa shape index (κ2) is 5.99. The van der Waals surface area contributed by atoms with E-state index in [1.54, 1.807) is 35.0 Å². The van der Waals surface area contributed by atoms with Gasteiger partial charge < -0.3 is 18.9 Å². The molecule has 2 bridgehead atoms. The number of esters is 1. The highest BCUT2D eigenvalue weighted by molar-refractivity contribution is 5.83. The van der Waals surface area contributed by atoms with E-state index < -0.39 is 29.5 Å². The molecule has 1 saturated heterocycles. The molecular weight excluding hydrogens is 326 g/mol. The van der Waals surface area contributed by atoms with Gasteiger partial charge in [0, 0.05) is 38.5 Å². The highest BCUT2D eigenvalue weighted by Crippen LogP contribution is 2.60. The molecule has 3 aliphatic rings. The van der Waals surface area contributed by atoms with E-state index in [9.17, 15) is 9.59 Å². The van der Waals surface area contributed by atoms with Crippen LogP contribution in [0.2, 0.25) is 0 Å². The fraction of sp³-hybridized carbons (Fsp3) is 0.778. The first-order valence-electron chi connectivity index (χ1n) is 8.56. The molecule has 0 spiro atoms. The molecule has 25 heavy (non-hydrogen) atoms. The number of nitrogens with zero attached hydrogens (tertiary/aromatic N) is 1. The lowest BCUT2D eigenvalue weighted by Gasteiger charge is -2.36. The van der Waals surface area contributed by atoms with Gasteiger partial charge in [-0.15, -0.1) is 0 Å². The Bertz CT molecular complexity index is 591. The summed E-state index contributed by atoms with van der Waals surface area (Å²) >= 11 is 0. The van der Waals surface area contributed by atoms with Gasteiger partial charge in [0.15, 0.2) is 5.79 Å². The first kappa shape index (κ1) is 18.2. The van der Waals surface area contributed by atoms with Crippen LogP contribution in [-0.4, -0.2) is 62.3 Å². The van der Waals surface area contributed by atoms with Gasteiger partial charge in [0.25, 0.3) is 0 Å². The number of hydrogen-bond donors (Lipinski definition) is 0. The predicted octanol–water partition coefficient (Wildman–Crippen LogP) is 1.82. The van der Waals surface area contributed by atoms with Crippen molar-refractivity contribution in [2.45, 2.75) is 38.2 Å². The van der Waals surface area contributed by atoms with E-state index in [0.29, 0.717) is 6.54 Å². The van der Waals surface area contributed by atoms with Crippen LogP contribution in [0, 0.1) is 23.7 Å². The average Bonchev–Trinajstić information content (AvgIpc) is 3.18. The van der Waals surface area contributed by atoms with E-state index in [1.165, 1.54) is 12.0 Å². The van der Waals surface area contributed by atoms with Crippen LogP contribution >= 0.6 is 0 Å². The molecule has 1 amide bonds. The summed E-state index contributed by atoms with van der Waals surface area (Å²) in [5, 5.41) is 0. The van der Waals surface area contributed by atoms with Crippen LogP contribution in [0.25, 0.3) is 0 Å². The zero-order chi connectivity index (χ0) is 18.6. The highest BCUT2D eigenvalue weighted by Gasteiger charge is 2.69. The summed E-state index contributed by atoms with van der Waals surface area (Å²) in [5.74, 6) is -1.39. The van der Waals surface area contributed by atoms with Gasteiger partial charge in [-0.05, 0) is 26.7 Å². The van der Waals surface area contributed by atoms with Crippen LogP contribution in [0.4, 0.5) is 4.79 Å². The standard InChI is InChI=1S/C18H27NO6/c1-17(2,3)25-16(21)19-9-10-11-7-8-12(18(11,23-5)24-6)13(10)14(19)15(20)22-4/h7-8,10-14H,9H2,1-6H3/t10-,11+,12-,13-,14+/m1/s1. The van der Waals surface area contributed by atoms with Gasteiger partial charge in [-0.1, -0.05) is 12.2 Å². The van der Waals surface area contributed by atoms with E-state index in [-0.39, 0.29) is 23.7 Å². The molecule has 1 aliphatic heterocycles. The Kier molecular flexibility index (Phi) is 4.36. The van der Waals surface area contributed by atoms with Gasteiger partial charge >= 0.3 is 12.1 Å². The van der Waals surface area contributed by atoms with Gasteiger partial charge in [-0.3, -0.25) is 4.90 Å². The first-order chi connectivity index (χ1) is 11.7. The second-order valence-corrected chi connectivity index (χ2v) is 7.91. The van der Waals surface area contributed by atoms with Crippen molar-refractivity contribution in [3.05, 3.63) is 12.2 Å². The van der Waals surface area contributed by atoms with Crippen LogP contribution < -0.4 is 0 Å². The Morgan fingerprint density at radius 3 is 2.20 bits per heavy atom. The van der Waals surface area contributed by atoms with Gasteiger partial charge in [0.1, 0.15) is 11.6 Å². The van der Waals surface area contributed by atoms with Gasteiger partial charge in [0.2, 0.25) is 0 Å². The third-order valence-corrected chi connectivity index (χ3v) is 5.64. The van der Waals surface area contributed by atoms with Crippen molar-refractivity contribution < 1.29 is 28.5 Å². The number of amides is 1. The number of hydrogen-bond acceptors (Lipinski definition) is 6. The smallest absolute Gasteiger partial charge is 0.411 e. The highest BCUT2D eigenvalue weighted by atomic mass is 16.7. The molecule has 2 aliphatic carbocycles. The minimum Gasteiger partial charge on any atom is -0.467 e. The molecule has 1 heterocycles. The largest absolute Gasteiger partial charge is 0.467 e. The maximum Gasteiger partial charge on any atom is 0.411 e. The summed E-state index contributed by atoms with van der Waals surface area (Å²) in [6.07, 6.45) is 3.62. The number of methoxy groups -OCH3 is 3. The summed E-state index contributed by atoms with van der Waals surface area (Å²) in [4.78, 5) is 26.7. The maximum atomic E-state index is 12.7. The van der Waals surface area contributed by atoms with Crippen molar-refractivity contribution in [1.29, 1.82) is 0 Å². The topological polar surface area (TPSA) is 74.3 Å². The SMILES string of the molecule is COC(=O)[C@@H]1[C@@H]2[C@H](CN1C(=O)OC(C)(C)C)[C@@H]1C=C[C@H]2C1(OC)OC. The molecule has 5 atom stereocenters. The molecule has 2 fully saturated rings. The number of likely N-dealkylation sites (tertiary alicyclic amines) is 1. The minimum absolute atomic E-state index is 0.0166. The Morgan fingerprint density at radius 1 is 1.08 bits per heavy atom. The Hall–Kier alpha value is -1.60. The molecule has 0 aromatic rings. The summed E-state index contributed by atoms with van der Waals surface area (Å²) in [6.45, 7) is 5.84. The van der Waals surface area contributed by atoms with E-state index in [1.807, 2.05) is 6.08 Å². The number of ether oxygens (including phenoxy) is 4. The molecule has 0 aromatic heterocycles. The molecule has 3 rings (SSSR count). The maximum absolute atomic E-state index is 12.7. The number of carbonyl (C=O) groups excluding carboxylic acids is 2. The molecule has 7 heteroatoms. The summed E-state index contributed by atoms with van der Waals surface area (Å²) < 4.78 is 22.0. The lowest BCUT2D eigenvalue weighted by molar-refractivity contribution is -0.236. The average molecular weight is 353 g/mol. The van der Waals surface area contributed by atoms with Crippen molar-refractivity contribution >= 4 is 12.1 Å². The van der Waals surface area contributed by atoms with Crippen LogP contribution in [0.15, 0.2) is 12.2 Å². The Labute approximate surface area is 148 Å². The molecular formula is C18H27NO6.